The number of ether oxygens (including phenoxy) is 1. The summed E-state index contributed by atoms with van der Waals surface area (Å²) in [4.78, 5) is 14.6. The maximum Gasteiger partial charge on any atom is 0.234 e. The number of likely N-dealkylation sites (N-methyl/N-ethyl adjacent to an activating group) is 1. The number of halogens is 1. The molecular formula is C18H18BrNO2. The molecule has 0 saturated carbocycles. The van der Waals surface area contributed by atoms with E-state index < -0.39 is 0 Å². The van der Waals surface area contributed by atoms with E-state index in [0.29, 0.717) is 13.0 Å². The molecule has 2 aromatic carbocycles. The number of hydrogen-bond acceptors (Lipinski definition) is 2. The molecule has 1 heterocycles. The molecule has 0 N–H and O–H groups in total. The monoisotopic (exact) mass is 359 g/mol. The minimum Gasteiger partial charge on any atom is -0.496 e. The number of carbonyl (C=O) groups is 1. The van der Waals surface area contributed by atoms with E-state index in [2.05, 4.69) is 22.0 Å². The van der Waals surface area contributed by atoms with Crippen molar-refractivity contribution in [2.24, 2.45) is 0 Å². The van der Waals surface area contributed by atoms with E-state index in [-0.39, 0.29) is 11.8 Å². The Hall–Kier alpha value is -1.81. The van der Waals surface area contributed by atoms with Crippen molar-refractivity contribution in [1.29, 1.82) is 0 Å². The average molecular weight is 360 g/mol. The summed E-state index contributed by atoms with van der Waals surface area (Å²) < 4.78 is 6.44. The molecule has 0 radical (unpaired) electrons. The normalized spacial score (nSPS) is 16.8. The van der Waals surface area contributed by atoms with Gasteiger partial charge in [-0.3, -0.25) is 4.79 Å². The van der Waals surface area contributed by atoms with Gasteiger partial charge >= 0.3 is 0 Å². The van der Waals surface area contributed by atoms with Crippen LogP contribution >= 0.6 is 15.9 Å². The number of anilines is 1. The molecule has 1 aliphatic heterocycles. The second-order valence-corrected chi connectivity index (χ2v) is 6.27. The van der Waals surface area contributed by atoms with Gasteiger partial charge in [0.05, 0.1) is 13.0 Å². The van der Waals surface area contributed by atoms with Crippen LogP contribution in [-0.2, 0) is 11.2 Å². The first-order chi connectivity index (χ1) is 10.7. The topological polar surface area (TPSA) is 29.5 Å². The van der Waals surface area contributed by atoms with Crippen LogP contribution in [0.25, 0.3) is 0 Å². The molecule has 3 nitrogen and oxygen atoms in total. The van der Waals surface area contributed by atoms with Crippen LogP contribution in [0, 0.1) is 0 Å². The van der Waals surface area contributed by atoms with Crippen molar-refractivity contribution in [1.82, 2.24) is 0 Å². The van der Waals surface area contributed by atoms with Crippen LogP contribution < -0.4 is 9.64 Å². The molecular weight excluding hydrogens is 342 g/mol. The standard InChI is InChI=1S/C18H18BrNO2/c1-3-20-16-7-5-4-6-14(16)15(18(20)21)11-12-10-13(19)8-9-17(12)22-2/h4-10,15H,3,11H2,1-2H3/t15-/m0/s1. The van der Waals surface area contributed by atoms with E-state index in [0.717, 1.165) is 27.0 Å². The van der Waals surface area contributed by atoms with Gasteiger partial charge in [-0.25, -0.2) is 0 Å². The molecule has 1 aliphatic rings. The molecule has 0 bridgehead atoms. The zero-order chi connectivity index (χ0) is 15.7. The molecule has 0 spiro atoms. The average Bonchev–Trinajstić information content (AvgIpc) is 2.80. The number of rotatable bonds is 4. The van der Waals surface area contributed by atoms with Gasteiger partial charge in [0.1, 0.15) is 5.75 Å². The molecule has 0 fully saturated rings. The van der Waals surface area contributed by atoms with E-state index in [1.54, 1.807) is 7.11 Å². The maximum atomic E-state index is 12.8. The number of fused-ring (bicyclic) bond motifs is 1. The third-order valence-electron chi connectivity index (χ3n) is 4.15. The molecule has 0 saturated heterocycles. The fraction of sp³-hybridized carbons (Fsp3) is 0.278. The van der Waals surface area contributed by atoms with E-state index >= 15 is 0 Å². The summed E-state index contributed by atoms with van der Waals surface area (Å²) in [5.41, 5.74) is 3.19. The Bertz CT molecular complexity index is 714. The lowest BCUT2D eigenvalue weighted by molar-refractivity contribution is -0.119. The van der Waals surface area contributed by atoms with E-state index in [1.165, 1.54) is 0 Å². The SMILES string of the molecule is CCN1C(=O)[C@@H](Cc2cc(Br)ccc2OC)c2ccccc21. The van der Waals surface area contributed by atoms with Crippen molar-refractivity contribution in [2.75, 3.05) is 18.6 Å². The summed E-state index contributed by atoms with van der Waals surface area (Å²) in [6, 6.07) is 14.0. The Morgan fingerprint density at radius 1 is 1.23 bits per heavy atom. The Balaban J connectivity index is 1.99. The Kier molecular flexibility index (Phi) is 4.21. The molecule has 0 aliphatic carbocycles. The molecule has 0 aromatic heterocycles. The van der Waals surface area contributed by atoms with Crippen LogP contribution in [0.2, 0.25) is 0 Å². The van der Waals surface area contributed by atoms with Crippen molar-refractivity contribution in [3.8, 4) is 5.75 Å². The van der Waals surface area contributed by atoms with E-state index in [9.17, 15) is 4.79 Å². The van der Waals surface area contributed by atoms with Gasteiger partial charge in [-0.2, -0.15) is 0 Å². The van der Waals surface area contributed by atoms with Crippen molar-refractivity contribution in [3.63, 3.8) is 0 Å². The van der Waals surface area contributed by atoms with Crippen molar-refractivity contribution in [3.05, 3.63) is 58.1 Å². The van der Waals surface area contributed by atoms with Crippen molar-refractivity contribution >= 4 is 27.5 Å². The number of hydrogen-bond donors (Lipinski definition) is 0. The second-order valence-electron chi connectivity index (χ2n) is 5.35. The Morgan fingerprint density at radius 2 is 2.00 bits per heavy atom. The third kappa shape index (κ3) is 2.52. The third-order valence-corrected chi connectivity index (χ3v) is 4.64. The number of carbonyl (C=O) groups excluding carboxylic acids is 1. The lowest BCUT2D eigenvalue weighted by Gasteiger charge is -2.16. The van der Waals surface area contributed by atoms with Crippen LogP contribution in [0.3, 0.4) is 0 Å². The predicted octanol–water partition coefficient (Wildman–Crippen LogP) is 4.15. The highest BCUT2D eigenvalue weighted by Gasteiger charge is 2.36. The summed E-state index contributed by atoms with van der Waals surface area (Å²) in [5, 5.41) is 0. The van der Waals surface area contributed by atoms with Crippen LogP contribution in [0.15, 0.2) is 46.9 Å². The van der Waals surface area contributed by atoms with Crippen LogP contribution in [-0.4, -0.2) is 19.6 Å². The summed E-state index contributed by atoms with van der Waals surface area (Å²) in [6.07, 6.45) is 0.648. The number of nitrogens with zero attached hydrogens (tertiary/aromatic N) is 1. The lowest BCUT2D eigenvalue weighted by Crippen LogP contribution is -2.29. The molecule has 1 amide bonds. The van der Waals surface area contributed by atoms with Gasteiger partial charge in [-0.05, 0) is 48.7 Å². The Morgan fingerprint density at radius 3 is 2.73 bits per heavy atom. The number of methoxy groups -OCH3 is 1. The molecule has 2 aromatic rings. The van der Waals surface area contributed by atoms with E-state index in [4.69, 9.17) is 4.74 Å². The molecule has 114 valence electrons. The number of benzene rings is 2. The maximum absolute atomic E-state index is 12.8. The summed E-state index contributed by atoms with van der Waals surface area (Å²) in [7, 11) is 1.66. The van der Waals surface area contributed by atoms with Crippen LogP contribution in [0.1, 0.15) is 24.0 Å². The molecule has 1 atom stereocenters. The Labute approximate surface area is 139 Å². The van der Waals surface area contributed by atoms with Crippen LogP contribution in [0.4, 0.5) is 5.69 Å². The van der Waals surface area contributed by atoms with Gasteiger partial charge in [-0.1, -0.05) is 34.1 Å². The largest absolute Gasteiger partial charge is 0.496 e. The highest BCUT2D eigenvalue weighted by molar-refractivity contribution is 9.10. The quantitative estimate of drug-likeness (QED) is 0.820. The molecule has 0 unspecified atom stereocenters. The first-order valence-corrected chi connectivity index (χ1v) is 8.17. The highest BCUT2D eigenvalue weighted by atomic mass is 79.9. The summed E-state index contributed by atoms with van der Waals surface area (Å²) in [5.74, 6) is 0.855. The fourth-order valence-corrected chi connectivity index (χ4v) is 3.53. The lowest BCUT2D eigenvalue weighted by atomic mass is 9.93. The smallest absolute Gasteiger partial charge is 0.234 e. The highest BCUT2D eigenvalue weighted by Crippen LogP contribution is 2.40. The van der Waals surface area contributed by atoms with Gasteiger partial charge in [0, 0.05) is 16.7 Å². The van der Waals surface area contributed by atoms with Gasteiger partial charge in [0.2, 0.25) is 5.91 Å². The van der Waals surface area contributed by atoms with Crippen LogP contribution in [0.5, 0.6) is 5.75 Å². The zero-order valence-corrected chi connectivity index (χ0v) is 14.3. The fourth-order valence-electron chi connectivity index (χ4n) is 3.12. The molecule has 3 rings (SSSR count). The summed E-state index contributed by atoms with van der Waals surface area (Å²) >= 11 is 3.50. The van der Waals surface area contributed by atoms with E-state index in [1.807, 2.05) is 48.2 Å². The summed E-state index contributed by atoms with van der Waals surface area (Å²) in [6.45, 7) is 2.71. The van der Waals surface area contributed by atoms with Gasteiger partial charge in [0.15, 0.2) is 0 Å². The van der Waals surface area contributed by atoms with Crippen molar-refractivity contribution < 1.29 is 9.53 Å². The predicted molar refractivity (Wildman–Crippen MR) is 91.6 cm³/mol. The second kappa shape index (κ2) is 6.13. The minimum atomic E-state index is -0.139. The molecule has 22 heavy (non-hydrogen) atoms. The van der Waals surface area contributed by atoms with Gasteiger partial charge in [0.25, 0.3) is 0 Å². The first-order valence-electron chi connectivity index (χ1n) is 7.38. The number of amides is 1. The molecule has 4 heteroatoms. The van der Waals surface area contributed by atoms with Crippen molar-refractivity contribution in [2.45, 2.75) is 19.3 Å². The first kappa shape index (κ1) is 15.1. The number of para-hydroxylation sites is 1. The zero-order valence-electron chi connectivity index (χ0n) is 12.7. The minimum absolute atomic E-state index is 0.139. The van der Waals surface area contributed by atoms with Gasteiger partial charge in [-0.15, -0.1) is 0 Å². The van der Waals surface area contributed by atoms with Gasteiger partial charge < -0.3 is 9.64 Å².